The summed E-state index contributed by atoms with van der Waals surface area (Å²) >= 11 is 0. The molecular formula is C25H25N3O6. The Balaban J connectivity index is 1.93. The number of carbonyl (C=O) groups is 2. The summed E-state index contributed by atoms with van der Waals surface area (Å²) in [6, 6.07) is 16.0. The fourth-order valence-corrected chi connectivity index (χ4v) is 3.29. The minimum atomic E-state index is -0.499. The van der Waals surface area contributed by atoms with E-state index in [1.54, 1.807) is 57.2 Å². The third-order valence-corrected chi connectivity index (χ3v) is 4.87. The van der Waals surface area contributed by atoms with Gasteiger partial charge in [-0.1, -0.05) is 18.2 Å². The highest BCUT2D eigenvalue weighted by Crippen LogP contribution is 2.37. The van der Waals surface area contributed by atoms with Crippen molar-refractivity contribution < 1.29 is 24.0 Å². The van der Waals surface area contributed by atoms with Crippen molar-refractivity contribution in [1.29, 1.82) is 0 Å². The van der Waals surface area contributed by atoms with Gasteiger partial charge in [0.2, 0.25) is 0 Å². The highest BCUT2D eigenvalue weighted by molar-refractivity contribution is 6.07. The lowest BCUT2D eigenvalue weighted by molar-refractivity contribution is -0.385. The zero-order valence-corrected chi connectivity index (χ0v) is 19.1. The van der Waals surface area contributed by atoms with Gasteiger partial charge in [0.1, 0.15) is 11.5 Å². The molecule has 0 aliphatic rings. The number of aryl methyl sites for hydroxylation is 1. The predicted octanol–water partition coefficient (Wildman–Crippen LogP) is 5.21. The van der Waals surface area contributed by atoms with Crippen molar-refractivity contribution in [2.24, 2.45) is 0 Å². The number of nitrogens with one attached hydrogen (secondary N) is 2. The quantitative estimate of drug-likeness (QED) is 0.332. The summed E-state index contributed by atoms with van der Waals surface area (Å²) in [5.41, 5.74) is 1.77. The molecule has 0 heterocycles. The highest BCUT2D eigenvalue weighted by atomic mass is 16.6. The van der Waals surface area contributed by atoms with Gasteiger partial charge in [-0.3, -0.25) is 19.7 Å². The van der Waals surface area contributed by atoms with Crippen LogP contribution < -0.4 is 20.1 Å². The molecule has 9 heteroatoms. The van der Waals surface area contributed by atoms with Crippen LogP contribution in [0.15, 0.2) is 60.7 Å². The standard InChI is InChI=1S/C25H25N3O6/c1-4-33-22-15-20(27-25(30)18-11-12-21(28(31)32)16(3)13-18)23(34-5-2)14-19(22)26-24(29)17-9-7-6-8-10-17/h6-15H,4-5H2,1-3H3,(H,26,29)(H,27,30). The Morgan fingerprint density at radius 3 is 1.82 bits per heavy atom. The second-order valence-electron chi connectivity index (χ2n) is 7.24. The molecule has 0 atom stereocenters. The number of amides is 2. The molecule has 0 aliphatic heterocycles. The van der Waals surface area contributed by atoms with E-state index < -0.39 is 10.8 Å². The molecule has 0 radical (unpaired) electrons. The van der Waals surface area contributed by atoms with Crippen molar-refractivity contribution in [2.45, 2.75) is 20.8 Å². The molecule has 0 bridgehead atoms. The van der Waals surface area contributed by atoms with Gasteiger partial charge in [0.05, 0.1) is 29.5 Å². The Hall–Kier alpha value is -4.40. The van der Waals surface area contributed by atoms with Crippen molar-refractivity contribution in [3.63, 3.8) is 0 Å². The van der Waals surface area contributed by atoms with Gasteiger partial charge in [0.25, 0.3) is 17.5 Å². The maximum atomic E-state index is 12.9. The van der Waals surface area contributed by atoms with Crippen LogP contribution in [0.5, 0.6) is 11.5 Å². The van der Waals surface area contributed by atoms with Crippen molar-refractivity contribution >= 4 is 28.9 Å². The molecule has 3 rings (SSSR count). The second kappa shape index (κ2) is 11.0. The number of hydrogen-bond donors (Lipinski definition) is 2. The molecule has 0 saturated carbocycles. The third-order valence-electron chi connectivity index (χ3n) is 4.87. The van der Waals surface area contributed by atoms with E-state index in [0.29, 0.717) is 47.2 Å². The van der Waals surface area contributed by atoms with E-state index >= 15 is 0 Å². The van der Waals surface area contributed by atoms with E-state index in [1.807, 2.05) is 6.07 Å². The Kier molecular flexibility index (Phi) is 7.81. The van der Waals surface area contributed by atoms with Gasteiger partial charge in [-0.25, -0.2) is 0 Å². The molecule has 0 aromatic heterocycles. The van der Waals surface area contributed by atoms with Gasteiger partial charge in [0, 0.05) is 34.9 Å². The Morgan fingerprint density at radius 1 is 0.824 bits per heavy atom. The first-order chi connectivity index (χ1) is 16.3. The molecule has 0 aliphatic carbocycles. The number of nitro groups is 1. The molecule has 0 unspecified atom stereocenters. The van der Waals surface area contributed by atoms with Crippen LogP contribution >= 0.6 is 0 Å². The first-order valence-corrected chi connectivity index (χ1v) is 10.7. The Bertz CT molecular complexity index is 1210. The van der Waals surface area contributed by atoms with Crippen LogP contribution in [0.2, 0.25) is 0 Å². The number of nitro benzene ring substituents is 1. The van der Waals surface area contributed by atoms with Crippen LogP contribution in [0, 0.1) is 17.0 Å². The van der Waals surface area contributed by atoms with E-state index in [-0.39, 0.29) is 17.2 Å². The van der Waals surface area contributed by atoms with Gasteiger partial charge in [-0.15, -0.1) is 0 Å². The highest BCUT2D eigenvalue weighted by Gasteiger charge is 2.19. The van der Waals surface area contributed by atoms with Crippen molar-refractivity contribution in [1.82, 2.24) is 0 Å². The van der Waals surface area contributed by atoms with Crippen molar-refractivity contribution in [2.75, 3.05) is 23.8 Å². The Morgan fingerprint density at radius 2 is 1.35 bits per heavy atom. The molecule has 3 aromatic rings. The molecule has 0 spiro atoms. The number of carbonyl (C=O) groups excluding carboxylic acids is 2. The van der Waals surface area contributed by atoms with Crippen LogP contribution in [0.1, 0.15) is 40.1 Å². The fourth-order valence-electron chi connectivity index (χ4n) is 3.29. The summed E-state index contributed by atoms with van der Waals surface area (Å²) in [6.07, 6.45) is 0. The number of anilines is 2. The smallest absolute Gasteiger partial charge is 0.272 e. The maximum absolute atomic E-state index is 12.9. The largest absolute Gasteiger partial charge is 0.492 e. The average molecular weight is 463 g/mol. The molecule has 2 N–H and O–H groups in total. The first kappa shape index (κ1) is 24.2. The second-order valence-corrected chi connectivity index (χ2v) is 7.24. The fraction of sp³-hybridized carbons (Fsp3) is 0.200. The van der Waals surface area contributed by atoms with E-state index in [1.165, 1.54) is 18.2 Å². The van der Waals surface area contributed by atoms with E-state index in [4.69, 9.17) is 9.47 Å². The van der Waals surface area contributed by atoms with Crippen LogP contribution in [0.4, 0.5) is 17.1 Å². The zero-order chi connectivity index (χ0) is 24.7. The predicted molar refractivity (Wildman–Crippen MR) is 129 cm³/mol. The molecule has 3 aromatic carbocycles. The van der Waals surface area contributed by atoms with Gasteiger partial charge >= 0.3 is 0 Å². The summed E-state index contributed by atoms with van der Waals surface area (Å²) in [4.78, 5) is 36.1. The van der Waals surface area contributed by atoms with Crippen LogP contribution in [0.3, 0.4) is 0 Å². The van der Waals surface area contributed by atoms with Crippen molar-refractivity contribution in [3.05, 3.63) is 87.5 Å². The summed E-state index contributed by atoms with van der Waals surface area (Å²) < 4.78 is 11.4. The van der Waals surface area contributed by atoms with Gasteiger partial charge in [0.15, 0.2) is 0 Å². The lowest BCUT2D eigenvalue weighted by Gasteiger charge is -2.18. The average Bonchev–Trinajstić information content (AvgIpc) is 2.82. The SMILES string of the molecule is CCOc1cc(NC(=O)c2ccc([N+](=O)[O-])c(C)c2)c(OCC)cc1NC(=O)c1ccccc1. The van der Waals surface area contributed by atoms with Crippen LogP contribution in [0.25, 0.3) is 0 Å². The van der Waals surface area contributed by atoms with Gasteiger partial charge in [-0.2, -0.15) is 0 Å². The molecular weight excluding hydrogens is 438 g/mol. The molecule has 0 saturated heterocycles. The summed E-state index contributed by atoms with van der Waals surface area (Å²) in [6.45, 7) is 5.82. The van der Waals surface area contributed by atoms with E-state index in [9.17, 15) is 19.7 Å². The topological polar surface area (TPSA) is 120 Å². The summed E-state index contributed by atoms with van der Waals surface area (Å²) in [5, 5.41) is 16.7. The number of benzene rings is 3. The molecule has 0 fully saturated rings. The van der Waals surface area contributed by atoms with Crippen LogP contribution in [-0.2, 0) is 0 Å². The number of hydrogen-bond acceptors (Lipinski definition) is 6. The first-order valence-electron chi connectivity index (χ1n) is 10.7. The number of nitrogens with zero attached hydrogens (tertiary/aromatic N) is 1. The maximum Gasteiger partial charge on any atom is 0.272 e. The van der Waals surface area contributed by atoms with Gasteiger partial charge < -0.3 is 20.1 Å². The minimum absolute atomic E-state index is 0.0660. The minimum Gasteiger partial charge on any atom is -0.492 e. The lowest BCUT2D eigenvalue weighted by Crippen LogP contribution is -2.16. The molecule has 34 heavy (non-hydrogen) atoms. The van der Waals surface area contributed by atoms with Crippen LogP contribution in [-0.4, -0.2) is 30.0 Å². The third kappa shape index (κ3) is 5.69. The zero-order valence-electron chi connectivity index (χ0n) is 19.1. The van der Waals surface area contributed by atoms with E-state index in [2.05, 4.69) is 10.6 Å². The Labute approximate surface area is 196 Å². The van der Waals surface area contributed by atoms with Crippen molar-refractivity contribution in [3.8, 4) is 11.5 Å². The number of ether oxygens (including phenoxy) is 2. The molecule has 2 amide bonds. The molecule has 9 nitrogen and oxygen atoms in total. The summed E-state index contributed by atoms with van der Waals surface area (Å²) in [7, 11) is 0. The van der Waals surface area contributed by atoms with Gasteiger partial charge in [-0.05, 0) is 45.0 Å². The van der Waals surface area contributed by atoms with E-state index in [0.717, 1.165) is 0 Å². The number of rotatable bonds is 9. The summed E-state index contributed by atoms with van der Waals surface area (Å²) in [5.74, 6) is -0.101. The normalized spacial score (nSPS) is 10.3. The lowest BCUT2D eigenvalue weighted by atomic mass is 10.1. The monoisotopic (exact) mass is 463 g/mol. The molecule has 176 valence electrons.